The molecule has 1 heterocycles. The third kappa shape index (κ3) is 5.46. The number of hydrogen-bond donors (Lipinski definition) is 1. The highest BCUT2D eigenvalue weighted by Crippen LogP contribution is 1.95. The molecule has 16 heavy (non-hydrogen) atoms. The molecule has 0 amide bonds. The zero-order valence-corrected chi connectivity index (χ0v) is 9.61. The van der Waals surface area contributed by atoms with E-state index in [4.69, 9.17) is 4.74 Å². The summed E-state index contributed by atoms with van der Waals surface area (Å²) >= 11 is 0. The molecule has 0 saturated carbocycles. The Morgan fingerprint density at radius 2 is 2.38 bits per heavy atom. The van der Waals surface area contributed by atoms with Crippen LogP contribution in [-0.4, -0.2) is 30.6 Å². The molecule has 0 bridgehead atoms. The molecule has 1 N–H and O–H groups in total. The second-order valence-electron chi connectivity index (χ2n) is 3.42. The number of carbonyl (C=O) groups is 1. The Kier molecular flexibility index (Phi) is 6.18. The average Bonchev–Trinajstić information content (AvgIpc) is 2.30. The molecule has 0 unspecified atom stereocenters. The van der Waals surface area contributed by atoms with Crippen LogP contribution in [0.5, 0.6) is 0 Å². The fraction of sp³-hybridized carbons (Fsp3) is 0.500. The lowest BCUT2D eigenvalue weighted by molar-refractivity contribution is -0.142. The van der Waals surface area contributed by atoms with E-state index in [1.807, 2.05) is 25.3 Å². The summed E-state index contributed by atoms with van der Waals surface area (Å²) in [5, 5.41) is 3.19. The Labute approximate surface area is 96.0 Å². The number of rotatable bonds is 7. The Hall–Kier alpha value is -1.42. The molecule has 0 aliphatic rings. The molecule has 0 aliphatic carbocycles. The third-order valence-corrected chi connectivity index (χ3v) is 2.12. The third-order valence-electron chi connectivity index (χ3n) is 2.12. The lowest BCUT2D eigenvalue weighted by Crippen LogP contribution is -2.21. The van der Waals surface area contributed by atoms with Crippen molar-refractivity contribution in [1.29, 1.82) is 0 Å². The molecule has 1 rings (SSSR count). The quantitative estimate of drug-likeness (QED) is 0.555. The number of ether oxygens (including phenoxy) is 1. The van der Waals surface area contributed by atoms with Gasteiger partial charge in [-0.1, -0.05) is 6.07 Å². The average molecular weight is 222 g/mol. The Balaban J connectivity index is 2.02. The minimum atomic E-state index is -0.142. The maximum atomic E-state index is 11.0. The van der Waals surface area contributed by atoms with Crippen LogP contribution in [0, 0.1) is 0 Å². The van der Waals surface area contributed by atoms with Gasteiger partial charge < -0.3 is 10.1 Å². The lowest BCUT2D eigenvalue weighted by atomic mass is 10.2. The van der Waals surface area contributed by atoms with Crippen molar-refractivity contribution in [3.05, 3.63) is 30.1 Å². The first-order chi connectivity index (χ1) is 7.83. The highest BCUT2D eigenvalue weighted by Gasteiger charge is 1.99. The van der Waals surface area contributed by atoms with Gasteiger partial charge in [-0.2, -0.15) is 0 Å². The van der Waals surface area contributed by atoms with Crippen molar-refractivity contribution >= 4 is 5.97 Å². The number of hydrogen-bond acceptors (Lipinski definition) is 4. The first-order valence-corrected chi connectivity index (χ1v) is 5.58. The van der Waals surface area contributed by atoms with Crippen LogP contribution in [0.3, 0.4) is 0 Å². The van der Waals surface area contributed by atoms with E-state index >= 15 is 0 Å². The number of nitrogens with zero attached hydrogens (tertiary/aromatic N) is 1. The molecule has 4 heteroatoms. The predicted molar refractivity (Wildman–Crippen MR) is 62.1 cm³/mol. The second kappa shape index (κ2) is 7.82. The predicted octanol–water partition coefficient (Wildman–Crippen LogP) is 1.17. The van der Waals surface area contributed by atoms with Crippen LogP contribution in [-0.2, 0) is 16.0 Å². The first-order valence-electron chi connectivity index (χ1n) is 5.58. The largest absolute Gasteiger partial charge is 0.466 e. The lowest BCUT2D eigenvalue weighted by Gasteiger charge is -2.04. The van der Waals surface area contributed by atoms with E-state index in [0.717, 1.165) is 13.0 Å². The van der Waals surface area contributed by atoms with Gasteiger partial charge in [0.1, 0.15) is 0 Å². The van der Waals surface area contributed by atoms with Crippen LogP contribution in [0.4, 0.5) is 0 Å². The highest BCUT2D eigenvalue weighted by atomic mass is 16.5. The summed E-state index contributed by atoms with van der Waals surface area (Å²) in [4.78, 5) is 15.0. The van der Waals surface area contributed by atoms with Crippen LogP contribution >= 0.6 is 0 Å². The molecule has 0 saturated heterocycles. The molecule has 0 atom stereocenters. The van der Waals surface area contributed by atoms with Crippen molar-refractivity contribution < 1.29 is 9.53 Å². The van der Waals surface area contributed by atoms with Crippen LogP contribution in [0.2, 0.25) is 0 Å². The molecule has 0 aliphatic heterocycles. The summed E-state index contributed by atoms with van der Waals surface area (Å²) < 4.78 is 4.82. The highest BCUT2D eigenvalue weighted by molar-refractivity contribution is 5.69. The van der Waals surface area contributed by atoms with Crippen molar-refractivity contribution in [3.63, 3.8) is 0 Å². The first kappa shape index (κ1) is 12.6. The number of aromatic nitrogens is 1. The van der Waals surface area contributed by atoms with Gasteiger partial charge in [-0.05, 0) is 31.5 Å². The van der Waals surface area contributed by atoms with E-state index in [9.17, 15) is 4.79 Å². The molecular weight excluding hydrogens is 204 g/mol. The molecule has 0 radical (unpaired) electrons. The van der Waals surface area contributed by atoms with E-state index < -0.39 is 0 Å². The van der Waals surface area contributed by atoms with Crippen LogP contribution in [0.1, 0.15) is 18.9 Å². The standard InChI is InChI=1S/C12H18N2O2/c1-2-16-12(15)6-9-13-8-5-11-4-3-7-14-10-11/h3-4,7,10,13H,2,5-6,8-9H2,1H3. The van der Waals surface area contributed by atoms with E-state index in [1.54, 1.807) is 6.20 Å². The summed E-state index contributed by atoms with van der Waals surface area (Å²) in [7, 11) is 0. The zero-order valence-electron chi connectivity index (χ0n) is 9.61. The Morgan fingerprint density at radius 3 is 3.06 bits per heavy atom. The van der Waals surface area contributed by atoms with E-state index in [2.05, 4.69) is 10.3 Å². The van der Waals surface area contributed by atoms with Crippen molar-refractivity contribution in [2.24, 2.45) is 0 Å². The van der Waals surface area contributed by atoms with Gasteiger partial charge in [0.2, 0.25) is 0 Å². The van der Waals surface area contributed by atoms with Gasteiger partial charge in [0.25, 0.3) is 0 Å². The smallest absolute Gasteiger partial charge is 0.307 e. The molecule has 0 aromatic carbocycles. The van der Waals surface area contributed by atoms with E-state index in [1.165, 1.54) is 5.56 Å². The monoisotopic (exact) mass is 222 g/mol. The minimum Gasteiger partial charge on any atom is -0.466 e. The maximum absolute atomic E-state index is 11.0. The molecule has 88 valence electrons. The SMILES string of the molecule is CCOC(=O)CCNCCc1cccnc1. The summed E-state index contributed by atoms with van der Waals surface area (Å²) in [6, 6.07) is 3.97. The van der Waals surface area contributed by atoms with E-state index in [0.29, 0.717) is 19.6 Å². The van der Waals surface area contributed by atoms with Gasteiger partial charge in [-0.15, -0.1) is 0 Å². The second-order valence-corrected chi connectivity index (χ2v) is 3.42. The number of carbonyl (C=O) groups excluding carboxylic acids is 1. The van der Waals surface area contributed by atoms with Gasteiger partial charge >= 0.3 is 5.97 Å². The molecule has 0 spiro atoms. The summed E-state index contributed by atoms with van der Waals surface area (Å²) in [5.74, 6) is -0.142. The normalized spacial score (nSPS) is 10.1. The molecular formula is C12H18N2O2. The Bertz CT molecular complexity index is 301. The summed E-state index contributed by atoms with van der Waals surface area (Å²) in [6.07, 6.45) is 4.97. The van der Waals surface area contributed by atoms with Crippen molar-refractivity contribution in [1.82, 2.24) is 10.3 Å². The minimum absolute atomic E-state index is 0.142. The number of esters is 1. The van der Waals surface area contributed by atoms with Gasteiger partial charge in [0.15, 0.2) is 0 Å². The molecule has 4 nitrogen and oxygen atoms in total. The zero-order chi connectivity index (χ0) is 11.6. The molecule has 1 aromatic heterocycles. The van der Waals surface area contributed by atoms with Crippen LogP contribution in [0.15, 0.2) is 24.5 Å². The topological polar surface area (TPSA) is 51.2 Å². The Morgan fingerprint density at radius 1 is 1.50 bits per heavy atom. The van der Waals surface area contributed by atoms with Crippen molar-refractivity contribution in [2.45, 2.75) is 19.8 Å². The van der Waals surface area contributed by atoms with Gasteiger partial charge in [-0.3, -0.25) is 9.78 Å². The summed E-state index contributed by atoms with van der Waals surface area (Å²) in [5.41, 5.74) is 1.20. The number of nitrogens with one attached hydrogen (secondary N) is 1. The summed E-state index contributed by atoms with van der Waals surface area (Å²) in [6.45, 7) is 3.78. The van der Waals surface area contributed by atoms with Crippen molar-refractivity contribution in [2.75, 3.05) is 19.7 Å². The fourth-order valence-electron chi connectivity index (χ4n) is 1.33. The molecule has 1 aromatic rings. The maximum Gasteiger partial charge on any atom is 0.307 e. The molecule has 0 fully saturated rings. The number of pyridine rings is 1. The van der Waals surface area contributed by atoms with E-state index in [-0.39, 0.29) is 5.97 Å². The van der Waals surface area contributed by atoms with Gasteiger partial charge in [0, 0.05) is 18.9 Å². The van der Waals surface area contributed by atoms with Gasteiger partial charge in [0.05, 0.1) is 13.0 Å². The fourth-order valence-corrected chi connectivity index (χ4v) is 1.33. The van der Waals surface area contributed by atoms with Crippen LogP contribution in [0.25, 0.3) is 0 Å². The van der Waals surface area contributed by atoms with Gasteiger partial charge in [-0.25, -0.2) is 0 Å². The van der Waals surface area contributed by atoms with Crippen LogP contribution < -0.4 is 5.32 Å². The van der Waals surface area contributed by atoms with Crippen molar-refractivity contribution in [3.8, 4) is 0 Å².